The summed E-state index contributed by atoms with van der Waals surface area (Å²) in [6.07, 6.45) is -0.631. The molecule has 0 saturated carbocycles. The molecule has 0 N–H and O–H groups in total. The lowest BCUT2D eigenvalue weighted by Gasteiger charge is -2.40. The van der Waals surface area contributed by atoms with Crippen LogP contribution in [0.5, 0.6) is 5.75 Å². The van der Waals surface area contributed by atoms with E-state index in [1.807, 2.05) is 47.9 Å². The van der Waals surface area contributed by atoms with Crippen LogP contribution in [0.3, 0.4) is 0 Å². The molecule has 2 unspecified atom stereocenters. The van der Waals surface area contributed by atoms with Crippen LogP contribution in [0.25, 0.3) is 0 Å². The van der Waals surface area contributed by atoms with Gasteiger partial charge in [-0.3, -0.25) is 19.5 Å². The molecule has 9 heteroatoms. The van der Waals surface area contributed by atoms with Crippen molar-refractivity contribution in [2.75, 3.05) is 19.1 Å². The number of carbonyl (C=O) groups is 2. The van der Waals surface area contributed by atoms with E-state index in [0.717, 1.165) is 22.8 Å². The lowest BCUT2D eigenvalue weighted by atomic mass is 10.1. The Morgan fingerprint density at radius 1 is 1.00 bits per heavy atom. The molecule has 0 bridgehead atoms. The van der Waals surface area contributed by atoms with Crippen LogP contribution in [0.15, 0.2) is 64.9 Å². The summed E-state index contributed by atoms with van der Waals surface area (Å²) >= 11 is 0. The maximum Gasteiger partial charge on any atom is 0.328 e. The second-order valence-corrected chi connectivity index (χ2v) is 8.31. The molecular formula is C24H24FN5O3. The minimum atomic E-state index is -0.665. The van der Waals surface area contributed by atoms with Gasteiger partial charge in [0, 0.05) is 24.1 Å². The number of carbonyl (C=O) groups excluding carboxylic acids is 2. The lowest BCUT2D eigenvalue weighted by Crippen LogP contribution is -2.64. The molecule has 3 aliphatic rings. The summed E-state index contributed by atoms with van der Waals surface area (Å²) in [6.45, 7) is 4.00. The number of hydrogen-bond donors (Lipinski definition) is 0. The van der Waals surface area contributed by atoms with Gasteiger partial charge >= 0.3 is 6.03 Å². The van der Waals surface area contributed by atoms with Gasteiger partial charge in [-0.25, -0.2) is 14.2 Å². The highest BCUT2D eigenvalue weighted by Crippen LogP contribution is 2.40. The first-order valence-electron chi connectivity index (χ1n) is 10.6. The number of hydrogen-bond acceptors (Lipinski definition) is 6. The molecule has 3 heterocycles. The Bertz CT molecular complexity index is 1190. The standard InChI is InChI=1S/C24H24FN5O3/c1-14-15(2)30-20-21(26-23(30)29(14)18-9-11-19(33-4)12-10-18)27(3)24(32)28(22(20)31)13-16-5-7-17(25)8-6-16/h5-12,20-21H,13H2,1-4H3. The summed E-state index contributed by atoms with van der Waals surface area (Å²) in [6, 6.07) is 12.3. The number of rotatable bonds is 4. The van der Waals surface area contributed by atoms with Gasteiger partial charge in [-0.1, -0.05) is 12.1 Å². The fraction of sp³-hybridized carbons (Fsp3) is 0.292. The van der Waals surface area contributed by atoms with Crippen LogP contribution in [-0.4, -0.2) is 59.0 Å². The molecule has 170 valence electrons. The molecule has 0 aliphatic carbocycles. The summed E-state index contributed by atoms with van der Waals surface area (Å²) in [5.41, 5.74) is 3.41. The Hall–Kier alpha value is -3.88. The zero-order valence-electron chi connectivity index (χ0n) is 18.8. The second-order valence-electron chi connectivity index (χ2n) is 8.31. The van der Waals surface area contributed by atoms with E-state index in [1.54, 1.807) is 26.3 Å². The number of halogens is 1. The monoisotopic (exact) mass is 449 g/mol. The number of ether oxygens (including phenoxy) is 1. The highest BCUT2D eigenvalue weighted by atomic mass is 19.1. The van der Waals surface area contributed by atoms with Gasteiger partial charge in [-0.05, 0) is 55.8 Å². The van der Waals surface area contributed by atoms with Gasteiger partial charge in [0.15, 0.2) is 12.2 Å². The Kier molecular flexibility index (Phi) is 4.84. The van der Waals surface area contributed by atoms with Gasteiger partial charge in [0.25, 0.3) is 5.91 Å². The SMILES string of the molecule is COc1ccc(N2C3=NC4C(C(=O)N(Cc5ccc(F)cc5)C(=O)N4C)N3C(C)=C2C)cc1. The molecular weight excluding hydrogens is 425 g/mol. The zero-order chi connectivity index (χ0) is 23.4. The van der Waals surface area contributed by atoms with Gasteiger partial charge in [0.1, 0.15) is 11.6 Å². The molecule has 33 heavy (non-hydrogen) atoms. The van der Waals surface area contributed by atoms with Crippen molar-refractivity contribution in [1.82, 2.24) is 14.7 Å². The highest BCUT2D eigenvalue weighted by Gasteiger charge is 2.55. The fourth-order valence-corrected chi connectivity index (χ4v) is 4.57. The topological polar surface area (TPSA) is 68.7 Å². The number of urea groups is 1. The smallest absolute Gasteiger partial charge is 0.328 e. The van der Waals surface area contributed by atoms with Crippen molar-refractivity contribution >= 4 is 23.6 Å². The third kappa shape index (κ3) is 3.14. The van der Waals surface area contributed by atoms with Crippen molar-refractivity contribution < 1.29 is 18.7 Å². The molecule has 2 aromatic rings. The van der Waals surface area contributed by atoms with E-state index in [-0.39, 0.29) is 18.3 Å². The first kappa shape index (κ1) is 21.0. The predicted molar refractivity (Wildman–Crippen MR) is 121 cm³/mol. The van der Waals surface area contributed by atoms with E-state index in [9.17, 15) is 14.0 Å². The molecule has 1 saturated heterocycles. The number of amides is 3. The average molecular weight is 449 g/mol. The third-order valence-electron chi connectivity index (χ3n) is 6.48. The maximum atomic E-state index is 13.6. The average Bonchev–Trinajstić information content (AvgIpc) is 3.32. The number of allylic oxidation sites excluding steroid dienone is 2. The number of imide groups is 1. The van der Waals surface area contributed by atoms with Crippen molar-refractivity contribution in [3.63, 3.8) is 0 Å². The van der Waals surface area contributed by atoms with E-state index in [0.29, 0.717) is 11.5 Å². The van der Waals surface area contributed by atoms with E-state index < -0.39 is 18.2 Å². The van der Waals surface area contributed by atoms with Crippen LogP contribution < -0.4 is 9.64 Å². The minimum Gasteiger partial charge on any atom is -0.497 e. The van der Waals surface area contributed by atoms with Crippen molar-refractivity contribution in [2.24, 2.45) is 4.99 Å². The van der Waals surface area contributed by atoms with E-state index in [2.05, 4.69) is 0 Å². The van der Waals surface area contributed by atoms with Crippen LogP contribution in [0, 0.1) is 5.82 Å². The first-order valence-corrected chi connectivity index (χ1v) is 10.6. The lowest BCUT2D eigenvalue weighted by molar-refractivity contribution is -0.137. The van der Waals surface area contributed by atoms with E-state index in [4.69, 9.17) is 9.73 Å². The van der Waals surface area contributed by atoms with Gasteiger partial charge < -0.3 is 9.64 Å². The number of fused-ring (bicyclic) bond motifs is 3. The van der Waals surface area contributed by atoms with Crippen LogP contribution in [0.1, 0.15) is 19.4 Å². The molecule has 0 aromatic heterocycles. The van der Waals surface area contributed by atoms with Gasteiger partial charge in [0.05, 0.1) is 13.7 Å². The maximum absolute atomic E-state index is 13.6. The number of aliphatic imine (C=N–C) groups is 1. The highest BCUT2D eigenvalue weighted by molar-refractivity contribution is 6.10. The Balaban J connectivity index is 1.49. The van der Waals surface area contributed by atoms with E-state index in [1.165, 1.54) is 21.9 Å². The molecule has 2 aromatic carbocycles. The summed E-state index contributed by atoms with van der Waals surface area (Å²) in [7, 11) is 3.27. The summed E-state index contributed by atoms with van der Waals surface area (Å²) in [5.74, 6) is 0.664. The van der Waals surface area contributed by atoms with Crippen molar-refractivity contribution in [1.29, 1.82) is 0 Å². The Morgan fingerprint density at radius 2 is 1.67 bits per heavy atom. The normalized spacial score (nSPS) is 22.2. The van der Waals surface area contributed by atoms with Crippen LogP contribution in [0.2, 0.25) is 0 Å². The number of anilines is 1. The zero-order valence-corrected chi connectivity index (χ0v) is 18.8. The van der Waals surface area contributed by atoms with Gasteiger partial charge in [-0.15, -0.1) is 0 Å². The fourth-order valence-electron chi connectivity index (χ4n) is 4.57. The van der Waals surface area contributed by atoms with Crippen LogP contribution in [-0.2, 0) is 11.3 Å². The molecule has 5 rings (SSSR count). The number of guanidine groups is 1. The van der Waals surface area contributed by atoms with Crippen LogP contribution in [0.4, 0.5) is 14.9 Å². The van der Waals surface area contributed by atoms with Crippen LogP contribution >= 0.6 is 0 Å². The number of benzene rings is 2. The Morgan fingerprint density at radius 3 is 2.30 bits per heavy atom. The Labute approximate surface area is 191 Å². The van der Waals surface area contributed by atoms with E-state index >= 15 is 0 Å². The third-order valence-corrected chi connectivity index (χ3v) is 6.48. The molecule has 2 atom stereocenters. The molecule has 3 aliphatic heterocycles. The van der Waals surface area contributed by atoms with Crippen molar-refractivity contribution in [3.05, 3.63) is 71.3 Å². The summed E-state index contributed by atoms with van der Waals surface area (Å²) in [5, 5.41) is 0. The molecule has 8 nitrogen and oxygen atoms in total. The first-order chi connectivity index (χ1) is 15.8. The molecule has 0 radical (unpaired) electrons. The second kappa shape index (κ2) is 7.61. The molecule has 3 amide bonds. The van der Waals surface area contributed by atoms with Gasteiger partial charge in [0.2, 0.25) is 5.96 Å². The number of likely N-dealkylation sites (N-methyl/N-ethyl adjacent to an activating group) is 1. The number of methoxy groups -OCH3 is 1. The minimum absolute atomic E-state index is 0.0681. The quantitative estimate of drug-likeness (QED) is 0.716. The van der Waals surface area contributed by atoms with Crippen molar-refractivity contribution in [3.8, 4) is 5.75 Å². The number of nitrogens with zero attached hydrogens (tertiary/aromatic N) is 5. The largest absolute Gasteiger partial charge is 0.497 e. The van der Waals surface area contributed by atoms with Gasteiger partial charge in [-0.2, -0.15) is 0 Å². The van der Waals surface area contributed by atoms with Crippen molar-refractivity contribution in [2.45, 2.75) is 32.6 Å². The summed E-state index contributed by atoms with van der Waals surface area (Å²) in [4.78, 5) is 38.1. The summed E-state index contributed by atoms with van der Waals surface area (Å²) < 4.78 is 18.6. The molecule has 1 fully saturated rings. The predicted octanol–water partition coefficient (Wildman–Crippen LogP) is 3.37. The molecule has 0 spiro atoms.